The average molecular weight is 466 g/mol. The van der Waals surface area contributed by atoms with E-state index in [1.807, 2.05) is 51.1 Å². The summed E-state index contributed by atoms with van der Waals surface area (Å²) in [6.07, 6.45) is 0. The van der Waals surface area contributed by atoms with Crippen LogP contribution in [-0.4, -0.2) is 11.6 Å². The van der Waals surface area contributed by atoms with Crippen LogP contribution in [0.3, 0.4) is 0 Å². The molecule has 0 N–H and O–H groups in total. The SMILES string of the molecule is CC(C)(C)OC(=O)c1ccccc1-c1oc(Br)c2cc(CBr)ccc12. The van der Waals surface area contributed by atoms with Gasteiger partial charge in [0, 0.05) is 21.7 Å². The van der Waals surface area contributed by atoms with Gasteiger partial charge in [0.15, 0.2) is 4.67 Å². The van der Waals surface area contributed by atoms with Gasteiger partial charge in [-0.15, -0.1) is 0 Å². The Kier molecular flexibility index (Phi) is 5.07. The maximum absolute atomic E-state index is 12.6. The van der Waals surface area contributed by atoms with Crippen LogP contribution in [0.1, 0.15) is 36.7 Å². The molecule has 3 rings (SSSR count). The Morgan fingerprint density at radius 3 is 2.52 bits per heavy atom. The van der Waals surface area contributed by atoms with E-state index in [1.165, 1.54) is 0 Å². The first-order valence-corrected chi connectivity index (χ1v) is 9.81. The summed E-state index contributed by atoms with van der Waals surface area (Å²) in [4.78, 5) is 12.6. The van der Waals surface area contributed by atoms with Gasteiger partial charge in [-0.25, -0.2) is 4.79 Å². The summed E-state index contributed by atoms with van der Waals surface area (Å²) < 4.78 is 12.2. The van der Waals surface area contributed by atoms with Crippen molar-refractivity contribution < 1.29 is 13.9 Å². The molecule has 0 bridgehead atoms. The third-order valence-electron chi connectivity index (χ3n) is 3.68. The molecule has 1 heterocycles. The van der Waals surface area contributed by atoms with Gasteiger partial charge in [0.05, 0.1) is 5.56 Å². The number of carbonyl (C=O) groups excluding carboxylic acids is 1. The second-order valence-corrected chi connectivity index (χ2v) is 8.05. The Balaban J connectivity index is 2.15. The number of ether oxygens (including phenoxy) is 1. The number of hydrogen-bond acceptors (Lipinski definition) is 3. The lowest BCUT2D eigenvalue weighted by Gasteiger charge is -2.20. The summed E-state index contributed by atoms with van der Waals surface area (Å²) in [6.45, 7) is 5.57. The predicted molar refractivity (Wildman–Crippen MR) is 107 cm³/mol. The zero-order valence-corrected chi connectivity index (χ0v) is 17.4. The quantitative estimate of drug-likeness (QED) is 0.318. The zero-order valence-electron chi connectivity index (χ0n) is 14.2. The molecule has 0 aliphatic heterocycles. The van der Waals surface area contributed by atoms with Crippen LogP contribution in [0, 0.1) is 0 Å². The molecule has 25 heavy (non-hydrogen) atoms. The van der Waals surface area contributed by atoms with E-state index in [0.717, 1.165) is 27.2 Å². The van der Waals surface area contributed by atoms with Crippen LogP contribution in [0.4, 0.5) is 0 Å². The topological polar surface area (TPSA) is 39.4 Å². The number of furan rings is 1. The number of carbonyl (C=O) groups is 1. The molecular formula is C20H18Br2O3. The van der Waals surface area contributed by atoms with Gasteiger partial charge in [-0.3, -0.25) is 0 Å². The predicted octanol–water partition coefficient (Wildman–Crippen LogP) is 6.71. The Hall–Kier alpha value is -1.59. The molecule has 130 valence electrons. The molecule has 3 nitrogen and oxygen atoms in total. The monoisotopic (exact) mass is 464 g/mol. The van der Waals surface area contributed by atoms with Gasteiger partial charge in [-0.05, 0) is 54.4 Å². The molecular weight excluding hydrogens is 448 g/mol. The largest absolute Gasteiger partial charge is 0.456 e. The fraction of sp³-hybridized carbons (Fsp3) is 0.250. The number of halogens is 2. The van der Waals surface area contributed by atoms with Crippen LogP contribution in [0.5, 0.6) is 0 Å². The molecule has 0 aliphatic carbocycles. The van der Waals surface area contributed by atoms with Crippen molar-refractivity contribution in [1.29, 1.82) is 0 Å². The minimum Gasteiger partial charge on any atom is -0.456 e. The first-order chi connectivity index (χ1) is 11.8. The van der Waals surface area contributed by atoms with Crippen LogP contribution in [0.25, 0.3) is 22.1 Å². The van der Waals surface area contributed by atoms with Crippen molar-refractivity contribution in [3.63, 3.8) is 0 Å². The Morgan fingerprint density at radius 2 is 1.84 bits per heavy atom. The van der Waals surface area contributed by atoms with Crippen molar-refractivity contribution in [3.8, 4) is 11.3 Å². The first-order valence-electron chi connectivity index (χ1n) is 7.90. The van der Waals surface area contributed by atoms with E-state index in [1.54, 1.807) is 6.07 Å². The van der Waals surface area contributed by atoms with Gasteiger partial charge in [0.1, 0.15) is 11.4 Å². The fourth-order valence-electron chi connectivity index (χ4n) is 2.63. The number of esters is 1. The van der Waals surface area contributed by atoms with E-state index in [4.69, 9.17) is 9.15 Å². The zero-order chi connectivity index (χ0) is 18.2. The van der Waals surface area contributed by atoms with Crippen molar-refractivity contribution in [2.24, 2.45) is 0 Å². The van der Waals surface area contributed by atoms with Crippen LogP contribution in [0.15, 0.2) is 51.6 Å². The summed E-state index contributed by atoms with van der Waals surface area (Å²) in [5.41, 5.74) is 1.81. The highest BCUT2D eigenvalue weighted by Gasteiger charge is 2.23. The second kappa shape index (κ2) is 6.96. The minimum absolute atomic E-state index is 0.360. The Bertz CT molecular complexity index is 936. The molecule has 2 aromatic carbocycles. The van der Waals surface area contributed by atoms with Gasteiger partial charge in [0.2, 0.25) is 0 Å². The lowest BCUT2D eigenvalue weighted by Crippen LogP contribution is -2.24. The molecule has 1 aromatic heterocycles. The van der Waals surface area contributed by atoms with Gasteiger partial charge >= 0.3 is 5.97 Å². The van der Waals surface area contributed by atoms with E-state index in [2.05, 4.69) is 37.9 Å². The highest BCUT2D eigenvalue weighted by atomic mass is 79.9. The molecule has 0 saturated carbocycles. The van der Waals surface area contributed by atoms with Crippen molar-refractivity contribution in [3.05, 3.63) is 58.3 Å². The average Bonchev–Trinajstić information content (AvgIpc) is 2.89. The third-order valence-corrected chi connectivity index (χ3v) is 4.91. The summed E-state index contributed by atoms with van der Waals surface area (Å²) in [7, 11) is 0. The Morgan fingerprint density at radius 1 is 1.12 bits per heavy atom. The number of hydrogen-bond donors (Lipinski definition) is 0. The van der Waals surface area contributed by atoms with E-state index in [9.17, 15) is 4.79 Å². The maximum atomic E-state index is 12.6. The number of fused-ring (bicyclic) bond motifs is 1. The first kappa shape index (κ1) is 18.2. The summed E-state index contributed by atoms with van der Waals surface area (Å²) in [5, 5.41) is 2.70. The van der Waals surface area contributed by atoms with Crippen molar-refractivity contribution in [2.45, 2.75) is 31.7 Å². The molecule has 0 spiro atoms. The lowest BCUT2D eigenvalue weighted by atomic mass is 10.0. The number of benzene rings is 2. The molecule has 0 fully saturated rings. The van der Waals surface area contributed by atoms with Crippen LogP contribution >= 0.6 is 31.9 Å². The van der Waals surface area contributed by atoms with Crippen molar-refractivity contribution in [1.82, 2.24) is 0 Å². The summed E-state index contributed by atoms with van der Waals surface area (Å²) >= 11 is 6.96. The number of alkyl halides is 1. The minimum atomic E-state index is -0.555. The molecule has 5 heteroatoms. The normalized spacial score (nSPS) is 11.7. The van der Waals surface area contributed by atoms with E-state index >= 15 is 0 Å². The highest BCUT2D eigenvalue weighted by molar-refractivity contribution is 9.10. The molecule has 0 amide bonds. The highest BCUT2D eigenvalue weighted by Crippen LogP contribution is 2.39. The fourth-order valence-corrected chi connectivity index (χ4v) is 3.47. The maximum Gasteiger partial charge on any atom is 0.339 e. The summed E-state index contributed by atoms with van der Waals surface area (Å²) in [5.74, 6) is 0.297. The molecule has 0 radical (unpaired) electrons. The van der Waals surface area contributed by atoms with E-state index in [0.29, 0.717) is 16.0 Å². The van der Waals surface area contributed by atoms with Crippen molar-refractivity contribution >= 4 is 48.6 Å². The van der Waals surface area contributed by atoms with Crippen LogP contribution < -0.4 is 0 Å². The summed E-state index contributed by atoms with van der Waals surface area (Å²) in [6, 6.07) is 13.5. The lowest BCUT2D eigenvalue weighted by molar-refractivity contribution is 0.00703. The van der Waals surface area contributed by atoms with Gasteiger partial charge < -0.3 is 9.15 Å². The number of rotatable bonds is 3. The van der Waals surface area contributed by atoms with Crippen LogP contribution in [-0.2, 0) is 10.1 Å². The third kappa shape index (κ3) is 3.82. The van der Waals surface area contributed by atoms with E-state index in [-0.39, 0.29) is 5.97 Å². The van der Waals surface area contributed by atoms with Gasteiger partial charge in [-0.2, -0.15) is 0 Å². The van der Waals surface area contributed by atoms with Gasteiger partial charge in [-0.1, -0.05) is 46.3 Å². The van der Waals surface area contributed by atoms with Crippen molar-refractivity contribution in [2.75, 3.05) is 0 Å². The van der Waals surface area contributed by atoms with Gasteiger partial charge in [0.25, 0.3) is 0 Å². The molecule has 0 unspecified atom stereocenters. The molecule has 0 atom stereocenters. The standard InChI is InChI=1S/C20H18Br2O3/c1-20(2,3)25-19(23)15-7-5-4-6-13(15)17-14-9-8-12(11-21)10-16(14)18(22)24-17/h4-10H,11H2,1-3H3. The molecule has 0 aliphatic rings. The molecule has 3 aromatic rings. The smallest absolute Gasteiger partial charge is 0.339 e. The Labute approximate surface area is 163 Å². The van der Waals surface area contributed by atoms with E-state index < -0.39 is 5.60 Å². The second-order valence-electron chi connectivity index (χ2n) is 6.77. The molecule has 0 saturated heterocycles. The van der Waals surface area contributed by atoms with Crippen LogP contribution in [0.2, 0.25) is 0 Å².